The van der Waals surface area contributed by atoms with E-state index in [0.29, 0.717) is 13.6 Å². The number of hydrogen-bond acceptors (Lipinski definition) is 5. The number of nitrogen functional groups attached to an aromatic ring is 2. The van der Waals surface area contributed by atoms with Crippen LogP contribution in [0.5, 0.6) is 0 Å². The first-order valence-electron chi connectivity index (χ1n) is 4.92. The standard InChI is InChI=1S/C11H6BrFIN5/c12-6-2-8(14)4(1-7(6)13)9-5(3-15)10(16)19-11(17)18-9/h1-2H,(H4,16,17,18,19). The first-order chi connectivity index (χ1) is 8.93. The van der Waals surface area contributed by atoms with Crippen LogP contribution >= 0.6 is 38.5 Å². The molecule has 2 aromatic rings. The Morgan fingerprint density at radius 2 is 2.00 bits per heavy atom. The Labute approximate surface area is 130 Å². The number of nitriles is 1. The maximum Gasteiger partial charge on any atom is 0.222 e. The van der Waals surface area contributed by atoms with Crippen LogP contribution in [0.4, 0.5) is 16.2 Å². The Morgan fingerprint density at radius 3 is 2.63 bits per heavy atom. The molecule has 1 aromatic heterocycles. The second kappa shape index (κ2) is 5.26. The van der Waals surface area contributed by atoms with Crippen molar-refractivity contribution in [1.82, 2.24) is 9.97 Å². The van der Waals surface area contributed by atoms with E-state index in [9.17, 15) is 4.39 Å². The number of benzene rings is 1. The van der Waals surface area contributed by atoms with Gasteiger partial charge in [0.1, 0.15) is 23.3 Å². The number of anilines is 2. The van der Waals surface area contributed by atoms with E-state index < -0.39 is 5.82 Å². The highest BCUT2D eigenvalue weighted by Gasteiger charge is 2.17. The number of aromatic nitrogens is 2. The van der Waals surface area contributed by atoms with Gasteiger partial charge in [0.25, 0.3) is 0 Å². The van der Waals surface area contributed by atoms with Crippen molar-refractivity contribution < 1.29 is 4.39 Å². The minimum absolute atomic E-state index is 0.0240. The SMILES string of the molecule is N#Cc1c(N)nc(N)nc1-c1cc(F)c(Br)cc1I. The summed E-state index contributed by atoms with van der Waals surface area (Å²) >= 11 is 5.10. The molecule has 2 rings (SSSR count). The lowest BCUT2D eigenvalue weighted by Crippen LogP contribution is -2.05. The molecule has 0 bridgehead atoms. The van der Waals surface area contributed by atoms with E-state index in [4.69, 9.17) is 16.7 Å². The lowest BCUT2D eigenvalue weighted by Gasteiger charge is -2.09. The molecule has 4 N–H and O–H groups in total. The van der Waals surface area contributed by atoms with Gasteiger partial charge in [0.2, 0.25) is 5.95 Å². The second-order valence-electron chi connectivity index (χ2n) is 3.55. The van der Waals surface area contributed by atoms with Gasteiger partial charge in [-0.2, -0.15) is 10.2 Å². The average molecular weight is 434 g/mol. The van der Waals surface area contributed by atoms with Crippen LogP contribution in [-0.4, -0.2) is 9.97 Å². The molecule has 96 valence electrons. The molecule has 0 saturated carbocycles. The summed E-state index contributed by atoms with van der Waals surface area (Å²) in [7, 11) is 0. The van der Waals surface area contributed by atoms with Crippen LogP contribution in [0.2, 0.25) is 0 Å². The largest absolute Gasteiger partial charge is 0.382 e. The lowest BCUT2D eigenvalue weighted by atomic mass is 10.1. The van der Waals surface area contributed by atoms with E-state index in [1.54, 1.807) is 6.07 Å². The molecule has 0 spiro atoms. The maximum absolute atomic E-state index is 13.6. The van der Waals surface area contributed by atoms with Gasteiger partial charge in [-0.05, 0) is 50.7 Å². The van der Waals surface area contributed by atoms with Crippen molar-refractivity contribution in [3.05, 3.63) is 31.6 Å². The zero-order valence-corrected chi connectivity index (χ0v) is 13.0. The zero-order chi connectivity index (χ0) is 14.2. The summed E-state index contributed by atoms with van der Waals surface area (Å²) < 4.78 is 14.7. The van der Waals surface area contributed by atoms with Crippen LogP contribution in [0.15, 0.2) is 16.6 Å². The Morgan fingerprint density at radius 1 is 1.32 bits per heavy atom. The van der Waals surface area contributed by atoms with E-state index in [2.05, 4.69) is 25.9 Å². The molecule has 0 atom stereocenters. The summed E-state index contributed by atoms with van der Waals surface area (Å²) in [6.45, 7) is 0. The maximum atomic E-state index is 13.6. The first-order valence-corrected chi connectivity index (χ1v) is 6.79. The van der Waals surface area contributed by atoms with Gasteiger partial charge < -0.3 is 11.5 Å². The number of hydrogen-bond donors (Lipinski definition) is 2. The van der Waals surface area contributed by atoms with Gasteiger partial charge in [0.15, 0.2) is 0 Å². The van der Waals surface area contributed by atoms with Crippen molar-refractivity contribution in [2.24, 2.45) is 0 Å². The molecule has 19 heavy (non-hydrogen) atoms. The summed E-state index contributed by atoms with van der Waals surface area (Å²) in [6.07, 6.45) is 0. The molecule has 8 heteroatoms. The topological polar surface area (TPSA) is 102 Å². The molecule has 0 saturated heterocycles. The van der Waals surface area contributed by atoms with Gasteiger partial charge in [0.05, 0.1) is 10.2 Å². The lowest BCUT2D eigenvalue weighted by molar-refractivity contribution is 0.621. The number of halogens is 3. The van der Waals surface area contributed by atoms with E-state index in [1.807, 2.05) is 28.7 Å². The van der Waals surface area contributed by atoms with Crippen LogP contribution in [0, 0.1) is 20.7 Å². The molecule has 1 aromatic carbocycles. The number of nitrogens with zero attached hydrogens (tertiary/aromatic N) is 3. The number of nitrogens with two attached hydrogens (primary N) is 2. The molecule has 0 aliphatic rings. The zero-order valence-electron chi connectivity index (χ0n) is 9.28. The summed E-state index contributed by atoms with van der Waals surface area (Å²) in [5.41, 5.74) is 11.9. The third kappa shape index (κ3) is 2.62. The third-order valence-corrected chi connectivity index (χ3v) is 3.83. The Hall–Kier alpha value is -1.47. The highest BCUT2D eigenvalue weighted by Crippen LogP contribution is 2.32. The Kier molecular flexibility index (Phi) is 3.86. The summed E-state index contributed by atoms with van der Waals surface area (Å²) in [4.78, 5) is 7.70. The van der Waals surface area contributed by atoms with Crippen LogP contribution < -0.4 is 11.5 Å². The predicted octanol–water partition coefficient (Wildman–Crippen LogP) is 2.69. The van der Waals surface area contributed by atoms with Crippen molar-refractivity contribution in [2.45, 2.75) is 0 Å². The summed E-state index contributed by atoms with van der Waals surface area (Å²) in [6, 6.07) is 4.76. The average Bonchev–Trinajstić information content (AvgIpc) is 2.33. The van der Waals surface area contributed by atoms with Gasteiger partial charge in [-0.15, -0.1) is 0 Å². The fourth-order valence-corrected chi connectivity index (χ4v) is 3.00. The van der Waals surface area contributed by atoms with Crippen molar-refractivity contribution >= 4 is 50.3 Å². The minimum atomic E-state index is -0.463. The van der Waals surface area contributed by atoms with Crippen molar-refractivity contribution in [3.8, 4) is 17.3 Å². The van der Waals surface area contributed by atoms with Crippen molar-refractivity contribution in [2.75, 3.05) is 11.5 Å². The molecule has 1 heterocycles. The van der Waals surface area contributed by atoms with Gasteiger partial charge in [-0.3, -0.25) is 0 Å². The highest BCUT2D eigenvalue weighted by molar-refractivity contribution is 14.1. The van der Waals surface area contributed by atoms with Crippen LogP contribution in [-0.2, 0) is 0 Å². The molecule has 0 radical (unpaired) electrons. The van der Waals surface area contributed by atoms with Gasteiger partial charge in [-0.25, -0.2) is 9.37 Å². The van der Waals surface area contributed by atoms with Crippen molar-refractivity contribution in [3.63, 3.8) is 0 Å². The molecule has 5 nitrogen and oxygen atoms in total. The highest BCUT2D eigenvalue weighted by atomic mass is 127. The molecule has 0 fully saturated rings. The second-order valence-corrected chi connectivity index (χ2v) is 5.57. The molecular weight excluding hydrogens is 428 g/mol. The number of rotatable bonds is 1. The monoisotopic (exact) mass is 433 g/mol. The van der Waals surface area contributed by atoms with Crippen molar-refractivity contribution in [1.29, 1.82) is 5.26 Å². The summed E-state index contributed by atoms with van der Waals surface area (Å²) in [5.74, 6) is -0.551. The van der Waals surface area contributed by atoms with Crippen LogP contribution in [0.1, 0.15) is 5.56 Å². The molecule has 0 aliphatic heterocycles. The molecule has 0 unspecified atom stereocenters. The van der Waals surface area contributed by atoms with Gasteiger partial charge in [0, 0.05) is 9.13 Å². The van der Waals surface area contributed by atoms with Crippen LogP contribution in [0.3, 0.4) is 0 Å². The predicted molar refractivity (Wildman–Crippen MR) is 81.4 cm³/mol. The first kappa shape index (κ1) is 14.0. The molecule has 0 amide bonds. The Bertz CT molecular complexity index is 713. The summed E-state index contributed by atoms with van der Waals surface area (Å²) in [5, 5.41) is 9.11. The van der Waals surface area contributed by atoms with E-state index in [1.165, 1.54) is 6.07 Å². The fourth-order valence-electron chi connectivity index (χ4n) is 1.51. The normalized spacial score (nSPS) is 10.2. The van der Waals surface area contributed by atoms with E-state index in [-0.39, 0.29) is 23.0 Å². The van der Waals surface area contributed by atoms with Crippen LogP contribution in [0.25, 0.3) is 11.3 Å². The van der Waals surface area contributed by atoms with Gasteiger partial charge >= 0.3 is 0 Å². The molecular formula is C11H6BrFIN5. The van der Waals surface area contributed by atoms with E-state index in [0.717, 1.165) is 0 Å². The molecule has 0 aliphatic carbocycles. The Balaban J connectivity index is 2.79. The third-order valence-electron chi connectivity index (χ3n) is 2.33. The quantitative estimate of drug-likeness (QED) is 0.531. The fraction of sp³-hybridized carbons (Fsp3) is 0. The smallest absolute Gasteiger partial charge is 0.222 e. The van der Waals surface area contributed by atoms with E-state index >= 15 is 0 Å². The van der Waals surface area contributed by atoms with Gasteiger partial charge in [-0.1, -0.05) is 0 Å². The minimum Gasteiger partial charge on any atom is -0.382 e.